The number of hydrogen-bond donors (Lipinski definition) is 2. The number of anilines is 1. The Balaban J connectivity index is 1.89. The Morgan fingerprint density at radius 2 is 2.19 bits per heavy atom. The Labute approximate surface area is 130 Å². The highest BCUT2D eigenvalue weighted by atomic mass is 32.1. The number of pyridine rings is 1. The molecule has 0 bridgehead atoms. The molecular formula is C15H21N5S. The number of thiocarbonyl (C=S) groups is 1. The van der Waals surface area contributed by atoms with Crippen molar-refractivity contribution in [3.05, 3.63) is 41.7 Å². The fraction of sp³-hybridized carbons (Fsp3) is 0.400. The quantitative estimate of drug-likeness (QED) is 0.607. The molecule has 2 heterocycles. The lowest BCUT2D eigenvalue weighted by Crippen LogP contribution is -2.17. The fourth-order valence-corrected chi connectivity index (χ4v) is 2.60. The summed E-state index contributed by atoms with van der Waals surface area (Å²) in [7, 11) is 0. The molecule has 21 heavy (non-hydrogen) atoms. The van der Waals surface area contributed by atoms with Crippen molar-refractivity contribution >= 4 is 22.9 Å². The molecule has 0 fully saturated rings. The number of aromatic nitrogens is 3. The van der Waals surface area contributed by atoms with Gasteiger partial charge < -0.3 is 15.6 Å². The molecule has 3 N–H and O–H groups in total. The van der Waals surface area contributed by atoms with E-state index in [2.05, 4.69) is 19.9 Å². The summed E-state index contributed by atoms with van der Waals surface area (Å²) < 4.78 is 2.08. The number of nitrogens with two attached hydrogens (primary N) is 1. The summed E-state index contributed by atoms with van der Waals surface area (Å²) in [5, 5.41) is 3.42. The van der Waals surface area contributed by atoms with Gasteiger partial charge in [0.15, 0.2) is 0 Å². The third-order valence-electron chi connectivity index (χ3n) is 3.29. The van der Waals surface area contributed by atoms with E-state index < -0.39 is 0 Å². The smallest absolute Gasteiger partial charge is 0.107 e. The number of rotatable bonds is 7. The van der Waals surface area contributed by atoms with Crippen molar-refractivity contribution in [3.8, 4) is 0 Å². The third kappa shape index (κ3) is 4.26. The zero-order chi connectivity index (χ0) is 15.2. The van der Waals surface area contributed by atoms with Crippen LogP contribution in [0.3, 0.4) is 0 Å². The van der Waals surface area contributed by atoms with E-state index in [4.69, 9.17) is 18.0 Å². The maximum atomic E-state index is 5.80. The van der Waals surface area contributed by atoms with Crippen LogP contribution in [0.25, 0.3) is 0 Å². The van der Waals surface area contributed by atoms with Gasteiger partial charge in [0.05, 0.1) is 11.9 Å². The van der Waals surface area contributed by atoms with Gasteiger partial charge in [-0.05, 0) is 32.8 Å². The standard InChI is InChI=1S/C15H21N5S/c1-11-9-13(14(15(16)21)12(2)19-11)18-5-3-4-7-20-8-6-17-10-20/h6,8-10H,3-5,7H2,1-2H3,(H2,16,21)(H,18,19). The van der Waals surface area contributed by atoms with Crippen molar-refractivity contribution < 1.29 is 0 Å². The van der Waals surface area contributed by atoms with Crippen LogP contribution in [0.1, 0.15) is 29.8 Å². The van der Waals surface area contributed by atoms with Gasteiger partial charge in [-0.3, -0.25) is 4.98 Å². The van der Waals surface area contributed by atoms with Crippen LogP contribution in [-0.4, -0.2) is 26.1 Å². The largest absolute Gasteiger partial charge is 0.389 e. The summed E-state index contributed by atoms with van der Waals surface area (Å²) in [5.41, 5.74) is 9.48. The average Bonchev–Trinajstić information content (AvgIpc) is 2.90. The van der Waals surface area contributed by atoms with Crippen LogP contribution < -0.4 is 11.1 Å². The number of nitrogens with zero attached hydrogens (tertiary/aromatic N) is 3. The maximum absolute atomic E-state index is 5.80. The molecule has 2 aromatic rings. The monoisotopic (exact) mass is 303 g/mol. The number of unbranched alkanes of at least 4 members (excludes halogenated alkanes) is 1. The lowest BCUT2D eigenvalue weighted by atomic mass is 10.1. The van der Waals surface area contributed by atoms with Crippen LogP contribution in [0.5, 0.6) is 0 Å². The topological polar surface area (TPSA) is 68.8 Å². The lowest BCUT2D eigenvalue weighted by Gasteiger charge is -2.14. The summed E-state index contributed by atoms with van der Waals surface area (Å²) in [5.74, 6) is 0. The number of aryl methyl sites for hydroxylation is 3. The Morgan fingerprint density at radius 1 is 1.38 bits per heavy atom. The first-order chi connectivity index (χ1) is 10.1. The van der Waals surface area contributed by atoms with Crippen LogP contribution in [-0.2, 0) is 6.54 Å². The zero-order valence-corrected chi connectivity index (χ0v) is 13.3. The molecule has 0 aliphatic carbocycles. The van der Waals surface area contributed by atoms with Gasteiger partial charge in [0.1, 0.15) is 4.99 Å². The van der Waals surface area contributed by atoms with Gasteiger partial charge in [-0.15, -0.1) is 0 Å². The molecule has 0 unspecified atom stereocenters. The predicted octanol–water partition coefficient (Wildman–Crippen LogP) is 2.42. The van der Waals surface area contributed by atoms with Crippen LogP contribution in [0, 0.1) is 13.8 Å². The van der Waals surface area contributed by atoms with Gasteiger partial charge in [-0.25, -0.2) is 4.98 Å². The molecule has 0 aliphatic rings. The van der Waals surface area contributed by atoms with Crippen molar-refractivity contribution in [2.75, 3.05) is 11.9 Å². The fourth-order valence-electron chi connectivity index (χ4n) is 2.34. The Hall–Kier alpha value is -1.95. The van der Waals surface area contributed by atoms with Crippen molar-refractivity contribution in [1.29, 1.82) is 0 Å². The zero-order valence-electron chi connectivity index (χ0n) is 12.5. The molecule has 112 valence electrons. The first-order valence-electron chi connectivity index (χ1n) is 7.05. The van der Waals surface area contributed by atoms with E-state index in [1.807, 2.05) is 32.4 Å². The average molecular weight is 303 g/mol. The van der Waals surface area contributed by atoms with E-state index in [1.54, 1.807) is 6.20 Å². The van der Waals surface area contributed by atoms with Crippen molar-refractivity contribution in [2.24, 2.45) is 5.73 Å². The highest BCUT2D eigenvalue weighted by molar-refractivity contribution is 7.80. The van der Waals surface area contributed by atoms with Crippen LogP contribution in [0.4, 0.5) is 5.69 Å². The molecule has 0 radical (unpaired) electrons. The first kappa shape index (κ1) is 15.4. The predicted molar refractivity (Wildman–Crippen MR) is 89.5 cm³/mol. The summed E-state index contributed by atoms with van der Waals surface area (Å²) in [4.78, 5) is 8.84. The van der Waals surface area contributed by atoms with Gasteiger partial charge in [-0.1, -0.05) is 12.2 Å². The minimum absolute atomic E-state index is 0.390. The van der Waals surface area contributed by atoms with Crippen molar-refractivity contribution in [1.82, 2.24) is 14.5 Å². The highest BCUT2D eigenvalue weighted by Gasteiger charge is 2.10. The highest BCUT2D eigenvalue weighted by Crippen LogP contribution is 2.19. The lowest BCUT2D eigenvalue weighted by molar-refractivity contribution is 0.621. The molecule has 5 nitrogen and oxygen atoms in total. The second-order valence-electron chi connectivity index (χ2n) is 5.07. The second-order valence-corrected chi connectivity index (χ2v) is 5.51. The van der Waals surface area contributed by atoms with Crippen LogP contribution >= 0.6 is 12.2 Å². The van der Waals surface area contributed by atoms with E-state index in [1.165, 1.54) is 0 Å². The molecule has 2 aromatic heterocycles. The summed E-state index contributed by atoms with van der Waals surface area (Å²) in [6.45, 7) is 5.78. The normalized spacial score (nSPS) is 10.6. The van der Waals surface area contributed by atoms with Crippen molar-refractivity contribution in [3.63, 3.8) is 0 Å². The van der Waals surface area contributed by atoms with Gasteiger partial charge in [0.25, 0.3) is 0 Å². The van der Waals surface area contributed by atoms with Gasteiger partial charge in [-0.2, -0.15) is 0 Å². The van der Waals surface area contributed by atoms with Gasteiger partial charge in [0, 0.05) is 42.6 Å². The minimum Gasteiger partial charge on any atom is -0.389 e. The molecule has 6 heteroatoms. The van der Waals surface area contributed by atoms with E-state index in [0.29, 0.717) is 4.99 Å². The first-order valence-corrected chi connectivity index (χ1v) is 7.46. The summed E-state index contributed by atoms with van der Waals surface area (Å²) >= 11 is 5.12. The van der Waals surface area contributed by atoms with Crippen LogP contribution in [0.15, 0.2) is 24.8 Å². The Bertz CT molecular complexity index is 607. The third-order valence-corrected chi connectivity index (χ3v) is 3.50. The summed E-state index contributed by atoms with van der Waals surface area (Å²) in [6.07, 6.45) is 7.78. The molecular weight excluding hydrogens is 282 g/mol. The van der Waals surface area contributed by atoms with Crippen LogP contribution in [0.2, 0.25) is 0 Å². The van der Waals surface area contributed by atoms with Gasteiger partial charge in [0.2, 0.25) is 0 Å². The van der Waals surface area contributed by atoms with Gasteiger partial charge >= 0.3 is 0 Å². The summed E-state index contributed by atoms with van der Waals surface area (Å²) in [6, 6.07) is 2.00. The van der Waals surface area contributed by atoms with E-state index in [9.17, 15) is 0 Å². The van der Waals surface area contributed by atoms with Crippen molar-refractivity contribution in [2.45, 2.75) is 33.2 Å². The number of imidazole rings is 1. The molecule has 0 spiro atoms. The van der Waals surface area contributed by atoms with E-state index in [0.717, 1.165) is 48.6 Å². The molecule has 2 rings (SSSR count). The molecule has 0 aromatic carbocycles. The maximum Gasteiger partial charge on any atom is 0.107 e. The minimum atomic E-state index is 0.390. The van der Waals surface area contributed by atoms with E-state index in [-0.39, 0.29) is 0 Å². The Morgan fingerprint density at radius 3 is 2.86 bits per heavy atom. The van der Waals surface area contributed by atoms with E-state index >= 15 is 0 Å². The molecule has 0 amide bonds. The second kappa shape index (κ2) is 7.17. The Kier molecular flexibility index (Phi) is 5.27. The molecule has 0 atom stereocenters. The SMILES string of the molecule is Cc1cc(NCCCCn2ccnc2)c(C(N)=S)c(C)n1. The number of nitrogens with one attached hydrogen (secondary N) is 1. The molecule has 0 saturated carbocycles. The molecule has 0 saturated heterocycles. The number of hydrogen-bond acceptors (Lipinski definition) is 4. The molecule has 0 aliphatic heterocycles.